The molecular formula is C23H25ClN4O2. The minimum absolute atomic E-state index is 0.0262. The highest BCUT2D eigenvalue weighted by atomic mass is 35.5. The molecule has 0 aliphatic carbocycles. The first kappa shape index (κ1) is 19.2. The van der Waals surface area contributed by atoms with Crippen LogP contribution in [0.2, 0.25) is 5.02 Å². The molecule has 3 heterocycles. The summed E-state index contributed by atoms with van der Waals surface area (Å²) in [6.45, 7) is 3.67. The van der Waals surface area contributed by atoms with Gasteiger partial charge in [0.1, 0.15) is 6.17 Å². The van der Waals surface area contributed by atoms with Gasteiger partial charge in [-0.25, -0.2) is 0 Å². The number of piperazine rings is 1. The Morgan fingerprint density at radius 1 is 1.03 bits per heavy atom. The van der Waals surface area contributed by atoms with Crippen LogP contribution in [-0.4, -0.2) is 67.6 Å². The standard InChI is InChI=1S/C23H25ClN4O2/c1-25-20-14-16(7-8-19(20)23(30)28-9-3-6-21(25)28)22(29)27-12-10-26(11-13-27)18-5-2-4-17(24)15-18/h2,4-5,7-8,14-15,21H,3,6,9-13H2,1H3/t21-/m0/s1. The zero-order chi connectivity index (χ0) is 20.8. The van der Waals surface area contributed by atoms with Crippen molar-refractivity contribution in [2.45, 2.75) is 19.0 Å². The number of benzene rings is 2. The van der Waals surface area contributed by atoms with E-state index in [1.165, 1.54) is 0 Å². The molecule has 7 heteroatoms. The molecule has 0 spiro atoms. The van der Waals surface area contributed by atoms with Crippen molar-refractivity contribution in [2.24, 2.45) is 0 Å². The van der Waals surface area contributed by atoms with Gasteiger partial charge in [-0.3, -0.25) is 9.59 Å². The number of amides is 2. The molecule has 3 aliphatic rings. The summed E-state index contributed by atoms with van der Waals surface area (Å²) in [5.74, 6) is 0.109. The minimum Gasteiger partial charge on any atom is -0.368 e. The van der Waals surface area contributed by atoms with E-state index in [-0.39, 0.29) is 18.0 Å². The highest BCUT2D eigenvalue weighted by Gasteiger charge is 2.39. The number of nitrogens with zero attached hydrogens (tertiary/aromatic N) is 4. The molecule has 0 aromatic heterocycles. The molecule has 2 aromatic rings. The van der Waals surface area contributed by atoms with Crippen molar-refractivity contribution < 1.29 is 9.59 Å². The monoisotopic (exact) mass is 424 g/mol. The second-order valence-electron chi connectivity index (χ2n) is 8.22. The normalized spacial score (nSPS) is 21.0. The molecule has 2 fully saturated rings. The summed E-state index contributed by atoms with van der Waals surface area (Å²) in [6.07, 6.45) is 2.11. The van der Waals surface area contributed by atoms with Crippen LogP contribution < -0.4 is 9.80 Å². The molecule has 2 saturated heterocycles. The maximum absolute atomic E-state index is 13.2. The zero-order valence-electron chi connectivity index (χ0n) is 17.1. The van der Waals surface area contributed by atoms with Crippen LogP contribution in [0.5, 0.6) is 0 Å². The second kappa shape index (κ2) is 7.51. The summed E-state index contributed by atoms with van der Waals surface area (Å²) < 4.78 is 0. The second-order valence-corrected chi connectivity index (χ2v) is 8.66. The molecule has 0 bridgehead atoms. The third kappa shape index (κ3) is 3.19. The highest BCUT2D eigenvalue weighted by Crippen LogP contribution is 2.35. The number of anilines is 2. The van der Waals surface area contributed by atoms with Gasteiger partial charge >= 0.3 is 0 Å². The van der Waals surface area contributed by atoms with Crippen LogP contribution in [0.4, 0.5) is 11.4 Å². The van der Waals surface area contributed by atoms with Crippen molar-refractivity contribution in [3.63, 3.8) is 0 Å². The van der Waals surface area contributed by atoms with Crippen molar-refractivity contribution in [3.8, 4) is 0 Å². The minimum atomic E-state index is 0.0262. The predicted octanol–water partition coefficient (Wildman–Crippen LogP) is 3.31. The first-order valence-corrected chi connectivity index (χ1v) is 10.9. The van der Waals surface area contributed by atoms with Crippen molar-refractivity contribution in [2.75, 3.05) is 49.6 Å². The lowest BCUT2D eigenvalue weighted by molar-refractivity contribution is 0.0713. The molecule has 0 N–H and O–H groups in total. The summed E-state index contributed by atoms with van der Waals surface area (Å²) in [5.41, 5.74) is 3.30. The number of fused-ring (bicyclic) bond motifs is 2. The molecule has 156 valence electrons. The van der Waals surface area contributed by atoms with Gasteiger partial charge in [0.2, 0.25) is 0 Å². The zero-order valence-corrected chi connectivity index (χ0v) is 17.8. The van der Waals surface area contributed by atoms with E-state index in [1.807, 2.05) is 53.2 Å². The van der Waals surface area contributed by atoms with Crippen LogP contribution in [-0.2, 0) is 0 Å². The molecule has 30 heavy (non-hydrogen) atoms. The Morgan fingerprint density at radius 3 is 2.60 bits per heavy atom. The highest BCUT2D eigenvalue weighted by molar-refractivity contribution is 6.30. The van der Waals surface area contributed by atoms with Crippen LogP contribution in [0.3, 0.4) is 0 Å². The van der Waals surface area contributed by atoms with Crippen LogP contribution >= 0.6 is 11.6 Å². The van der Waals surface area contributed by atoms with Crippen molar-refractivity contribution >= 4 is 34.8 Å². The van der Waals surface area contributed by atoms with Crippen LogP contribution in [0.15, 0.2) is 42.5 Å². The Labute approximate surface area is 181 Å². The fraction of sp³-hybridized carbons (Fsp3) is 0.391. The van der Waals surface area contributed by atoms with E-state index in [2.05, 4.69) is 9.80 Å². The van der Waals surface area contributed by atoms with Gasteiger partial charge in [-0.2, -0.15) is 0 Å². The lowest BCUT2D eigenvalue weighted by Crippen LogP contribution is -2.50. The number of rotatable bonds is 2. The summed E-state index contributed by atoms with van der Waals surface area (Å²) in [5, 5.41) is 0.722. The Balaban J connectivity index is 1.32. The van der Waals surface area contributed by atoms with Gasteiger partial charge in [-0.1, -0.05) is 17.7 Å². The number of hydrogen-bond acceptors (Lipinski definition) is 4. The summed E-state index contributed by atoms with van der Waals surface area (Å²) in [7, 11) is 2.02. The Kier molecular flexibility index (Phi) is 4.82. The summed E-state index contributed by atoms with van der Waals surface area (Å²) in [4.78, 5) is 34.2. The maximum atomic E-state index is 13.2. The Bertz CT molecular complexity index is 1000. The molecule has 1 atom stereocenters. The first-order chi connectivity index (χ1) is 14.5. The average Bonchev–Trinajstić information content (AvgIpc) is 3.27. The molecule has 6 nitrogen and oxygen atoms in total. The van der Waals surface area contributed by atoms with E-state index in [0.717, 1.165) is 48.9 Å². The van der Waals surface area contributed by atoms with E-state index < -0.39 is 0 Å². The molecule has 5 rings (SSSR count). The van der Waals surface area contributed by atoms with Gasteiger partial charge < -0.3 is 19.6 Å². The molecule has 0 radical (unpaired) electrons. The fourth-order valence-electron chi connectivity index (χ4n) is 4.86. The molecule has 2 aromatic carbocycles. The van der Waals surface area contributed by atoms with Crippen LogP contribution in [0, 0.1) is 0 Å². The lowest BCUT2D eigenvalue weighted by Gasteiger charge is -2.40. The van der Waals surface area contributed by atoms with Crippen LogP contribution in [0.1, 0.15) is 33.6 Å². The van der Waals surface area contributed by atoms with E-state index >= 15 is 0 Å². The SMILES string of the molecule is CN1c2cc(C(=O)N3CCN(c4cccc(Cl)c4)CC3)ccc2C(=O)N2CCC[C@H]21. The molecule has 0 unspecified atom stereocenters. The number of hydrogen-bond donors (Lipinski definition) is 0. The van der Waals surface area contributed by atoms with Gasteiger partial charge in [-0.05, 0) is 49.2 Å². The van der Waals surface area contributed by atoms with E-state index in [9.17, 15) is 9.59 Å². The van der Waals surface area contributed by atoms with Crippen molar-refractivity contribution in [1.82, 2.24) is 9.80 Å². The van der Waals surface area contributed by atoms with Crippen molar-refractivity contribution in [1.29, 1.82) is 0 Å². The molecular weight excluding hydrogens is 400 g/mol. The maximum Gasteiger partial charge on any atom is 0.257 e. The van der Waals surface area contributed by atoms with Gasteiger partial charge in [0, 0.05) is 56.0 Å². The largest absolute Gasteiger partial charge is 0.368 e. The van der Waals surface area contributed by atoms with E-state index in [0.29, 0.717) is 24.2 Å². The molecule has 3 aliphatic heterocycles. The van der Waals surface area contributed by atoms with Gasteiger partial charge in [0.05, 0.1) is 11.3 Å². The topological polar surface area (TPSA) is 47.1 Å². The van der Waals surface area contributed by atoms with Crippen molar-refractivity contribution in [3.05, 3.63) is 58.6 Å². The lowest BCUT2D eigenvalue weighted by atomic mass is 10.0. The Morgan fingerprint density at radius 2 is 1.83 bits per heavy atom. The van der Waals surface area contributed by atoms with E-state index in [4.69, 9.17) is 11.6 Å². The number of carbonyl (C=O) groups is 2. The third-order valence-electron chi connectivity index (χ3n) is 6.52. The summed E-state index contributed by atoms with van der Waals surface area (Å²) >= 11 is 6.11. The van der Waals surface area contributed by atoms with Gasteiger partial charge in [0.25, 0.3) is 11.8 Å². The smallest absolute Gasteiger partial charge is 0.257 e. The Hall–Kier alpha value is -2.73. The van der Waals surface area contributed by atoms with Crippen LogP contribution in [0.25, 0.3) is 0 Å². The van der Waals surface area contributed by atoms with Gasteiger partial charge in [-0.15, -0.1) is 0 Å². The first-order valence-electron chi connectivity index (χ1n) is 10.5. The average molecular weight is 425 g/mol. The number of carbonyl (C=O) groups excluding carboxylic acids is 2. The number of halogens is 1. The fourth-order valence-corrected chi connectivity index (χ4v) is 5.05. The third-order valence-corrected chi connectivity index (χ3v) is 6.76. The van der Waals surface area contributed by atoms with E-state index in [1.54, 1.807) is 6.07 Å². The predicted molar refractivity (Wildman–Crippen MR) is 118 cm³/mol. The van der Waals surface area contributed by atoms with Gasteiger partial charge in [0.15, 0.2) is 0 Å². The summed E-state index contributed by atoms with van der Waals surface area (Å²) in [6, 6.07) is 13.3. The quantitative estimate of drug-likeness (QED) is 0.742. The molecule has 2 amide bonds. The molecule has 0 saturated carbocycles.